The molecule has 12 heteroatoms. The minimum Gasteiger partial charge on any atom is -0.492 e. The van der Waals surface area contributed by atoms with Crippen LogP contribution in [-0.4, -0.2) is 97.5 Å². The van der Waals surface area contributed by atoms with E-state index in [1.807, 2.05) is 31.3 Å². The summed E-state index contributed by atoms with van der Waals surface area (Å²) in [6.07, 6.45) is 0.259. The molecule has 1 aromatic heterocycles. The van der Waals surface area contributed by atoms with Gasteiger partial charge in [0.1, 0.15) is 6.04 Å². The summed E-state index contributed by atoms with van der Waals surface area (Å²) in [4.78, 5) is 17.2. The van der Waals surface area contributed by atoms with Gasteiger partial charge in [-0.1, -0.05) is 12.1 Å². The Morgan fingerprint density at radius 3 is 2.76 bits per heavy atom. The number of fused-ring (bicyclic) bond motifs is 2. The van der Waals surface area contributed by atoms with Gasteiger partial charge >= 0.3 is 0 Å². The molecule has 1 atom stereocenters. The Balaban J connectivity index is 1.58. The van der Waals surface area contributed by atoms with E-state index in [4.69, 9.17) is 23.7 Å². The van der Waals surface area contributed by atoms with Gasteiger partial charge in [0.25, 0.3) is 5.91 Å². The van der Waals surface area contributed by atoms with Gasteiger partial charge in [-0.3, -0.25) is 9.69 Å². The van der Waals surface area contributed by atoms with Crippen LogP contribution in [0.5, 0.6) is 17.2 Å². The third kappa shape index (κ3) is 4.37. The molecule has 0 saturated heterocycles. The number of carbonyl (C=O) groups is 1. The van der Waals surface area contributed by atoms with Gasteiger partial charge in [0.05, 0.1) is 24.9 Å². The van der Waals surface area contributed by atoms with Gasteiger partial charge in [-0.15, -0.1) is 5.10 Å². The van der Waals surface area contributed by atoms with Crippen LogP contribution >= 0.6 is 0 Å². The first kappa shape index (κ1) is 24.9. The number of para-hydroxylation sites is 1. The number of benzene rings is 2. The molecule has 12 nitrogen and oxygen atoms in total. The second kappa shape index (κ2) is 10.3. The molecule has 0 bridgehead atoms. The Morgan fingerprint density at radius 2 is 2.00 bits per heavy atom. The number of methoxy groups -OCH3 is 3. The van der Waals surface area contributed by atoms with Gasteiger partial charge < -0.3 is 28.6 Å². The Kier molecular flexibility index (Phi) is 6.96. The van der Waals surface area contributed by atoms with Crippen LogP contribution in [0.3, 0.4) is 0 Å². The highest BCUT2D eigenvalue weighted by Crippen LogP contribution is 2.50. The van der Waals surface area contributed by atoms with E-state index in [9.17, 15) is 4.79 Å². The Labute approximate surface area is 214 Å². The number of amides is 1. The number of nitrogens with zero attached hydrogens (tertiary/aromatic N) is 6. The Hall–Kier alpha value is -3.74. The SMILES string of the molecule is COc1c2c(cc3c1C(c1nnnn1-c1ccccc1C(=O)N(C)CC(OC)OC)N(C)CC3)OCO2. The number of rotatable bonds is 8. The van der Waals surface area contributed by atoms with Gasteiger partial charge in [-0.25, -0.2) is 0 Å². The van der Waals surface area contributed by atoms with Crippen LogP contribution in [0.25, 0.3) is 5.69 Å². The summed E-state index contributed by atoms with van der Waals surface area (Å²) in [5.41, 5.74) is 3.00. The van der Waals surface area contributed by atoms with Crippen LogP contribution in [0.2, 0.25) is 0 Å². The fourth-order valence-electron chi connectivity index (χ4n) is 4.89. The molecule has 2 aliphatic heterocycles. The van der Waals surface area contributed by atoms with Crippen molar-refractivity contribution >= 4 is 5.91 Å². The van der Waals surface area contributed by atoms with E-state index < -0.39 is 6.29 Å². The maximum Gasteiger partial charge on any atom is 0.255 e. The molecule has 0 spiro atoms. The smallest absolute Gasteiger partial charge is 0.255 e. The van der Waals surface area contributed by atoms with Crippen LogP contribution in [0.4, 0.5) is 0 Å². The zero-order valence-corrected chi connectivity index (χ0v) is 21.5. The van der Waals surface area contributed by atoms with Gasteiger partial charge in [-0.2, -0.15) is 4.68 Å². The summed E-state index contributed by atoms with van der Waals surface area (Å²) >= 11 is 0. The minimum atomic E-state index is -0.544. The number of likely N-dealkylation sites (N-methyl/N-ethyl adjacent to an activating group) is 2. The molecule has 0 aliphatic carbocycles. The average molecular weight is 511 g/mol. The molecular weight excluding hydrogens is 480 g/mol. The third-order valence-corrected chi connectivity index (χ3v) is 6.79. The van der Waals surface area contributed by atoms with Crippen molar-refractivity contribution in [2.75, 3.05) is 55.3 Å². The lowest BCUT2D eigenvalue weighted by atomic mass is 9.90. The average Bonchev–Trinajstić information content (AvgIpc) is 3.59. The summed E-state index contributed by atoms with van der Waals surface area (Å²) in [6, 6.07) is 8.89. The molecule has 37 heavy (non-hydrogen) atoms. The highest BCUT2D eigenvalue weighted by Gasteiger charge is 2.38. The minimum absolute atomic E-state index is 0.142. The lowest BCUT2D eigenvalue weighted by Gasteiger charge is -2.35. The van der Waals surface area contributed by atoms with Crippen molar-refractivity contribution < 1.29 is 28.5 Å². The molecule has 3 heterocycles. The molecule has 2 aromatic carbocycles. The number of tetrazole rings is 1. The third-order valence-electron chi connectivity index (χ3n) is 6.79. The molecule has 3 aromatic rings. The molecule has 5 rings (SSSR count). The summed E-state index contributed by atoms with van der Waals surface area (Å²) in [7, 11) is 8.39. The predicted molar refractivity (Wildman–Crippen MR) is 131 cm³/mol. The summed E-state index contributed by atoms with van der Waals surface area (Å²) < 4.78 is 29.4. The van der Waals surface area contributed by atoms with Gasteiger partial charge in [0.15, 0.2) is 23.6 Å². The fourth-order valence-corrected chi connectivity index (χ4v) is 4.89. The number of hydrogen-bond donors (Lipinski definition) is 0. The molecule has 1 unspecified atom stereocenters. The molecular formula is C25H30N6O6. The predicted octanol–water partition coefficient (Wildman–Crippen LogP) is 1.67. The first-order valence-electron chi connectivity index (χ1n) is 11.9. The van der Waals surface area contributed by atoms with Crippen molar-refractivity contribution in [3.63, 3.8) is 0 Å². The monoisotopic (exact) mass is 510 g/mol. The van der Waals surface area contributed by atoms with E-state index in [0.29, 0.717) is 34.3 Å². The lowest BCUT2D eigenvalue weighted by Crippen LogP contribution is -2.37. The number of ether oxygens (including phenoxy) is 5. The number of aromatic nitrogens is 4. The van der Waals surface area contributed by atoms with E-state index in [-0.39, 0.29) is 25.3 Å². The van der Waals surface area contributed by atoms with Crippen molar-refractivity contribution in [3.05, 3.63) is 52.8 Å². The standard InChI is InChI=1S/C25H30N6O6/c1-29-11-10-15-12-18-22(37-14-36-18)23(35-5)20(15)21(29)24-26-27-28-31(24)17-9-7-6-8-16(17)25(32)30(2)13-19(33-3)34-4/h6-9,12,19,21H,10-11,13-14H2,1-5H3. The second-order valence-corrected chi connectivity index (χ2v) is 8.90. The fraction of sp³-hybridized carbons (Fsp3) is 0.440. The topological polar surface area (TPSA) is 113 Å². The van der Waals surface area contributed by atoms with Crippen molar-refractivity contribution in [2.45, 2.75) is 18.8 Å². The highest BCUT2D eigenvalue weighted by molar-refractivity contribution is 5.97. The van der Waals surface area contributed by atoms with Crippen LogP contribution in [0.15, 0.2) is 30.3 Å². The van der Waals surface area contributed by atoms with E-state index in [1.165, 1.54) is 14.2 Å². The van der Waals surface area contributed by atoms with Crippen molar-refractivity contribution in [3.8, 4) is 22.9 Å². The first-order valence-corrected chi connectivity index (χ1v) is 11.9. The molecule has 0 fully saturated rings. The maximum atomic E-state index is 13.5. The molecule has 2 aliphatic rings. The zero-order chi connectivity index (χ0) is 26.1. The van der Waals surface area contributed by atoms with Gasteiger partial charge in [0, 0.05) is 33.4 Å². The summed E-state index contributed by atoms with van der Waals surface area (Å²) in [5, 5.41) is 12.7. The quantitative estimate of drug-likeness (QED) is 0.415. The molecule has 196 valence electrons. The lowest BCUT2D eigenvalue weighted by molar-refractivity contribution is -0.110. The van der Waals surface area contributed by atoms with Crippen LogP contribution in [0.1, 0.15) is 33.4 Å². The van der Waals surface area contributed by atoms with Crippen molar-refractivity contribution in [1.82, 2.24) is 30.0 Å². The normalized spacial score (nSPS) is 16.6. The van der Waals surface area contributed by atoms with E-state index in [2.05, 4.69) is 20.4 Å². The zero-order valence-electron chi connectivity index (χ0n) is 21.5. The number of carbonyl (C=O) groups excluding carboxylic acids is 1. The first-order chi connectivity index (χ1) is 18.0. The highest BCUT2D eigenvalue weighted by atomic mass is 16.7. The molecule has 0 N–H and O–H groups in total. The van der Waals surface area contributed by atoms with Gasteiger partial charge in [-0.05, 0) is 47.7 Å². The van der Waals surface area contributed by atoms with Crippen LogP contribution < -0.4 is 14.2 Å². The van der Waals surface area contributed by atoms with Crippen molar-refractivity contribution in [2.24, 2.45) is 0 Å². The van der Waals surface area contributed by atoms with E-state index >= 15 is 0 Å². The van der Waals surface area contributed by atoms with Crippen molar-refractivity contribution in [1.29, 1.82) is 0 Å². The van der Waals surface area contributed by atoms with Crippen LogP contribution in [0, 0.1) is 0 Å². The second-order valence-electron chi connectivity index (χ2n) is 8.90. The summed E-state index contributed by atoms with van der Waals surface area (Å²) in [5.74, 6) is 2.18. The molecule has 0 radical (unpaired) electrons. The van der Waals surface area contributed by atoms with E-state index in [0.717, 1.165) is 24.1 Å². The van der Waals surface area contributed by atoms with E-state index in [1.54, 1.807) is 29.8 Å². The Morgan fingerprint density at radius 1 is 1.22 bits per heavy atom. The molecule has 1 amide bonds. The molecule has 0 saturated carbocycles. The van der Waals surface area contributed by atoms with Crippen LogP contribution in [-0.2, 0) is 15.9 Å². The Bertz CT molecular complexity index is 1290. The maximum absolute atomic E-state index is 13.5. The summed E-state index contributed by atoms with van der Waals surface area (Å²) in [6.45, 7) is 1.17. The number of hydrogen-bond acceptors (Lipinski definition) is 10. The largest absolute Gasteiger partial charge is 0.492 e. The van der Waals surface area contributed by atoms with Gasteiger partial charge in [0.2, 0.25) is 12.5 Å².